The lowest BCUT2D eigenvalue weighted by Crippen LogP contribution is -2.50. The van der Waals surface area contributed by atoms with Gasteiger partial charge in [0.05, 0.1) is 0 Å². The van der Waals surface area contributed by atoms with Gasteiger partial charge in [-0.15, -0.1) is 0 Å². The lowest BCUT2D eigenvalue weighted by atomic mass is 9.47. The first-order chi connectivity index (χ1) is 10.4. The Morgan fingerprint density at radius 3 is 2.59 bits per heavy atom. The molecule has 22 heavy (non-hydrogen) atoms. The lowest BCUT2D eigenvalue weighted by molar-refractivity contribution is -0.135. The standard InChI is InChI=1S/C19H25FO2/c1-18-7-5-12(21)9-11(18)3-4-13-14(18)6-8-19(2)15(13)10-16(20)17(19)22/h9,13-16H,3-8,10H2,1-2H3/t13-,14+,15+,16-,18+,19+/m1/s1. The molecule has 2 nitrogen and oxygen atoms in total. The first kappa shape index (κ1) is 14.6. The molecule has 0 N–H and O–H groups in total. The van der Waals surface area contributed by atoms with E-state index in [0.717, 1.165) is 32.1 Å². The van der Waals surface area contributed by atoms with E-state index in [4.69, 9.17) is 0 Å². The zero-order valence-electron chi connectivity index (χ0n) is 13.5. The van der Waals surface area contributed by atoms with Crippen LogP contribution < -0.4 is 0 Å². The molecule has 0 heterocycles. The molecule has 0 saturated heterocycles. The summed E-state index contributed by atoms with van der Waals surface area (Å²) in [7, 11) is 0. The highest BCUT2D eigenvalue weighted by molar-refractivity contribution is 5.92. The third kappa shape index (κ3) is 1.71. The summed E-state index contributed by atoms with van der Waals surface area (Å²) < 4.78 is 14.1. The molecule has 0 aromatic carbocycles. The molecule has 3 fully saturated rings. The van der Waals surface area contributed by atoms with Gasteiger partial charge >= 0.3 is 0 Å². The van der Waals surface area contributed by atoms with Crippen LogP contribution in [0.1, 0.15) is 58.8 Å². The topological polar surface area (TPSA) is 34.1 Å². The molecular weight excluding hydrogens is 279 g/mol. The van der Waals surface area contributed by atoms with Crippen molar-refractivity contribution < 1.29 is 14.0 Å². The maximum atomic E-state index is 14.1. The summed E-state index contributed by atoms with van der Waals surface area (Å²) in [5.41, 5.74) is 1.01. The number of allylic oxidation sites excluding steroid dienone is 1. The van der Waals surface area contributed by atoms with Gasteiger partial charge in [-0.05, 0) is 67.8 Å². The van der Waals surface area contributed by atoms with Crippen LogP contribution in [0.5, 0.6) is 0 Å². The highest BCUT2D eigenvalue weighted by Crippen LogP contribution is 2.64. The molecule has 4 aliphatic rings. The van der Waals surface area contributed by atoms with Crippen LogP contribution in [-0.2, 0) is 9.59 Å². The normalized spacial score (nSPS) is 51.0. The molecule has 0 bridgehead atoms. The monoisotopic (exact) mass is 304 g/mol. The van der Waals surface area contributed by atoms with Crippen molar-refractivity contribution in [2.24, 2.45) is 28.6 Å². The van der Waals surface area contributed by atoms with Crippen LogP contribution in [0.25, 0.3) is 0 Å². The molecule has 4 rings (SSSR count). The Balaban J connectivity index is 1.70. The molecule has 0 aromatic heterocycles. The van der Waals surface area contributed by atoms with Crippen LogP contribution in [-0.4, -0.2) is 17.7 Å². The maximum Gasteiger partial charge on any atom is 0.173 e. The number of hydrogen-bond acceptors (Lipinski definition) is 2. The van der Waals surface area contributed by atoms with Gasteiger partial charge in [0.2, 0.25) is 0 Å². The molecule has 0 amide bonds. The number of carbonyl (C=O) groups is 2. The van der Waals surface area contributed by atoms with Crippen LogP contribution in [0, 0.1) is 28.6 Å². The van der Waals surface area contributed by atoms with Crippen molar-refractivity contribution in [2.45, 2.75) is 65.0 Å². The minimum absolute atomic E-state index is 0.107. The molecule has 3 saturated carbocycles. The molecule has 120 valence electrons. The summed E-state index contributed by atoms with van der Waals surface area (Å²) in [6, 6.07) is 0. The van der Waals surface area contributed by atoms with Crippen molar-refractivity contribution in [3.63, 3.8) is 0 Å². The minimum atomic E-state index is -1.24. The molecule has 3 heteroatoms. The fourth-order valence-corrected chi connectivity index (χ4v) is 6.31. The molecule has 0 aromatic rings. The summed E-state index contributed by atoms with van der Waals surface area (Å²) in [5.74, 6) is 1.33. The molecule has 6 atom stereocenters. The number of rotatable bonds is 0. The van der Waals surface area contributed by atoms with E-state index in [0.29, 0.717) is 24.7 Å². The average Bonchev–Trinajstić information content (AvgIpc) is 2.72. The molecular formula is C19H25FO2. The second-order valence-electron chi connectivity index (χ2n) is 8.49. The van der Waals surface area contributed by atoms with Gasteiger partial charge in [0, 0.05) is 11.8 Å². The number of carbonyl (C=O) groups excluding carboxylic acids is 2. The summed E-state index contributed by atoms with van der Waals surface area (Å²) in [6.45, 7) is 4.32. The van der Waals surface area contributed by atoms with E-state index in [-0.39, 0.29) is 22.9 Å². The van der Waals surface area contributed by atoms with E-state index in [1.807, 2.05) is 13.0 Å². The number of fused-ring (bicyclic) bond motifs is 5. The summed E-state index contributed by atoms with van der Waals surface area (Å²) in [5, 5.41) is 0. The van der Waals surface area contributed by atoms with E-state index in [1.165, 1.54) is 5.57 Å². The third-order valence-corrected chi connectivity index (χ3v) is 7.66. The minimum Gasteiger partial charge on any atom is -0.296 e. The third-order valence-electron chi connectivity index (χ3n) is 7.66. The SMILES string of the molecule is C[C@]12CCC(=O)C=C1CC[C@@H]1[C@@H]2CC[C@]2(C)C(=O)[C@H](F)C[C@@H]12. The maximum absolute atomic E-state index is 14.1. The van der Waals surface area contributed by atoms with Gasteiger partial charge in [0.1, 0.15) is 0 Å². The molecule has 0 radical (unpaired) electrons. The van der Waals surface area contributed by atoms with Gasteiger partial charge in [0.25, 0.3) is 0 Å². The zero-order chi connectivity index (χ0) is 15.7. The molecule has 0 spiro atoms. The van der Waals surface area contributed by atoms with E-state index < -0.39 is 11.6 Å². The predicted molar refractivity (Wildman–Crippen MR) is 82.0 cm³/mol. The van der Waals surface area contributed by atoms with Crippen molar-refractivity contribution in [1.29, 1.82) is 0 Å². The Bertz CT molecular complexity index is 580. The molecule has 4 aliphatic carbocycles. The number of hydrogen-bond donors (Lipinski definition) is 0. The van der Waals surface area contributed by atoms with Crippen LogP contribution in [0.4, 0.5) is 4.39 Å². The van der Waals surface area contributed by atoms with Crippen molar-refractivity contribution in [1.82, 2.24) is 0 Å². The van der Waals surface area contributed by atoms with Crippen molar-refractivity contribution in [3.05, 3.63) is 11.6 Å². The largest absolute Gasteiger partial charge is 0.296 e. The van der Waals surface area contributed by atoms with Gasteiger partial charge in [0.15, 0.2) is 17.7 Å². The van der Waals surface area contributed by atoms with Gasteiger partial charge in [-0.2, -0.15) is 0 Å². The first-order valence-corrected chi connectivity index (χ1v) is 8.78. The summed E-state index contributed by atoms with van der Waals surface area (Å²) in [4.78, 5) is 24.1. The summed E-state index contributed by atoms with van der Waals surface area (Å²) >= 11 is 0. The molecule has 0 unspecified atom stereocenters. The van der Waals surface area contributed by atoms with Crippen LogP contribution in [0.15, 0.2) is 11.6 Å². The van der Waals surface area contributed by atoms with Crippen molar-refractivity contribution in [3.8, 4) is 0 Å². The van der Waals surface area contributed by atoms with Crippen molar-refractivity contribution >= 4 is 11.6 Å². The fraction of sp³-hybridized carbons (Fsp3) is 0.789. The van der Waals surface area contributed by atoms with Gasteiger partial charge in [-0.1, -0.05) is 19.4 Å². The van der Waals surface area contributed by atoms with E-state index in [1.54, 1.807) is 0 Å². The zero-order valence-corrected chi connectivity index (χ0v) is 13.5. The average molecular weight is 304 g/mol. The van der Waals surface area contributed by atoms with Gasteiger partial charge in [-0.3, -0.25) is 9.59 Å². The Morgan fingerprint density at radius 2 is 1.82 bits per heavy atom. The number of ketones is 2. The Hall–Kier alpha value is -0.990. The number of halogens is 1. The second kappa shape index (κ2) is 4.52. The summed E-state index contributed by atoms with van der Waals surface area (Å²) in [6.07, 6.45) is 6.50. The van der Waals surface area contributed by atoms with Crippen molar-refractivity contribution in [2.75, 3.05) is 0 Å². The first-order valence-electron chi connectivity index (χ1n) is 8.78. The van der Waals surface area contributed by atoms with Crippen LogP contribution in [0.3, 0.4) is 0 Å². The fourth-order valence-electron chi connectivity index (χ4n) is 6.31. The van der Waals surface area contributed by atoms with E-state index >= 15 is 0 Å². The number of alkyl halides is 1. The Morgan fingerprint density at radius 1 is 1.05 bits per heavy atom. The van der Waals surface area contributed by atoms with Gasteiger partial charge < -0.3 is 0 Å². The van der Waals surface area contributed by atoms with E-state index in [9.17, 15) is 14.0 Å². The quantitative estimate of drug-likeness (QED) is 0.677. The Labute approximate surface area is 131 Å². The number of Topliss-reactive ketones (excluding diaryl/α,β-unsaturated/α-hetero) is 1. The highest BCUT2D eigenvalue weighted by Gasteiger charge is 2.61. The van der Waals surface area contributed by atoms with E-state index in [2.05, 4.69) is 6.92 Å². The smallest absolute Gasteiger partial charge is 0.173 e. The lowest BCUT2D eigenvalue weighted by Gasteiger charge is -2.56. The molecule has 0 aliphatic heterocycles. The van der Waals surface area contributed by atoms with Gasteiger partial charge in [-0.25, -0.2) is 4.39 Å². The predicted octanol–water partition coefficient (Wildman–Crippen LogP) is 4.04. The second-order valence-corrected chi connectivity index (χ2v) is 8.49. The Kier molecular flexibility index (Phi) is 3.00. The van der Waals surface area contributed by atoms with Crippen LogP contribution in [0.2, 0.25) is 0 Å². The highest BCUT2D eigenvalue weighted by atomic mass is 19.1. The van der Waals surface area contributed by atoms with Crippen LogP contribution >= 0.6 is 0 Å².